The van der Waals surface area contributed by atoms with Gasteiger partial charge in [-0.25, -0.2) is 9.86 Å². The van der Waals surface area contributed by atoms with Gasteiger partial charge >= 0.3 is 13.1 Å². The van der Waals surface area contributed by atoms with Crippen LogP contribution in [0.15, 0.2) is 136 Å². The van der Waals surface area contributed by atoms with Crippen LogP contribution in [0.1, 0.15) is 77.3 Å². The molecule has 0 aliphatic carbocycles. The number of unbranched alkanes of at least 4 members (excludes halogenated alkanes) is 2. The quantitative estimate of drug-likeness (QED) is 0.0321. The normalized spacial score (nSPS) is 20.2. The van der Waals surface area contributed by atoms with Gasteiger partial charge in [0.1, 0.15) is 0 Å². The summed E-state index contributed by atoms with van der Waals surface area (Å²) >= 11 is 0. The SMILES string of the molecule is C=C1N=C(/C=C/C=C/C=C/C=C2/N(CCCCCC(=O)ON3C(=O)CCC3=O)c3ccc(S(=O)(=O)O)cc3C2(C)Cc2cccc(B(O)O)c2)C(C)(C)/C1=C/C(=C\C)C(=O)N(C)OC. The van der Waals surface area contributed by atoms with E-state index in [1.807, 2.05) is 69.4 Å². The molecular weight excluding hydrogens is 839 g/mol. The van der Waals surface area contributed by atoms with Gasteiger partial charge in [-0.05, 0) is 91.7 Å². The van der Waals surface area contributed by atoms with E-state index in [4.69, 9.17) is 14.7 Å². The smallest absolute Gasteiger partial charge is 0.423 e. The van der Waals surface area contributed by atoms with E-state index in [9.17, 15) is 42.2 Å². The van der Waals surface area contributed by atoms with Gasteiger partial charge in [-0.2, -0.15) is 8.42 Å². The minimum absolute atomic E-state index is 0.00421. The molecule has 64 heavy (non-hydrogen) atoms. The molecule has 0 radical (unpaired) electrons. The Kier molecular flexibility index (Phi) is 15.9. The Bertz CT molecular complexity index is 2500. The second kappa shape index (κ2) is 20.7. The van der Waals surface area contributed by atoms with E-state index in [0.717, 1.165) is 27.6 Å². The molecule has 338 valence electrons. The molecular formula is C47H55BN4O11S. The lowest BCUT2D eigenvalue weighted by atomic mass is 9.74. The van der Waals surface area contributed by atoms with Gasteiger partial charge in [0.15, 0.2) is 0 Å². The summed E-state index contributed by atoms with van der Waals surface area (Å²) in [7, 11) is -3.32. The highest BCUT2D eigenvalue weighted by molar-refractivity contribution is 7.85. The number of nitrogens with zero attached hydrogens (tertiary/aromatic N) is 4. The lowest BCUT2D eigenvalue weighted by Crippen LogP contribution is -2.33. The summed E-state index contributed by atoms with van der Waals surface area (Å²) in [5.41, 5.74) is 4.30. The van der Waals surface area contributed by atoms with Crippen molar-refractivity contribution >= 4 is 57.8 Å². The maximum absolute atomic E-state index is 12.8. The highest BCUT2D eigenvalue weighted by Crippen LogP contribution is 2.50. The minimum atomic E-state index is -4.57. The monoisotopic (exact) mass is 894 g/mol. The summed E-state index contributed by atoms with van der Waals surface area (Å²) in [6.45, 7) is 12.3. The van der Waals surface area contributed by atoms with Crippen LogP contribution in [-0.2, 0) is 50.8 Å². The van der Waals surface area contributed by atoms with Crippen molar-refractivity contribution in [1.82, 2.24) is 10.1 Å². The first-order valence-electron chi connectivity index (χ1n) is 20.8. The summed E-state index contributed by atoms with van der Waals surface area (Å²) < 4.78 is 34.9. The molecule has 3 amide bonds. The fourth-order valence-electron chi connectivity index (χ4n) is 7.94. The maximum atomic E-state index is 12.8. The van der Waals surface area contributed by atoms with Crippen molar-refractivity contribution in [3.05, 3.63) is 137 Å². The second-order valence-electron chi connectivity index (χ2n) is 16.3. The van der Waals surface area contributed by atoms with Gasteiger partial charge < -0.3 is 19.8 Å². The molecule has 0 saturated carbocycles. The van der Waals surface area contributed by atoms with Crippen LogP contribution in [0.3, 0.4) is 0 Å². The summed E-state index contributed by atoms with van der Waals surface area (Å²) in [6.07, 6.45) is 18.4. The van der Waals surface area contributed by atoms with Crippen LogP contribution in [0.25, 0.3) is 0 Å². The number of anilines is 1. The highest BCUT2D eigenvalue weighted by atomic mass is 32.2. The molecule has 1 saturated heterocycles. The Morgan fingerprint density at radius 1 is 0.984 bits per heavy atom. The van der Waals surface area contributed by atoms with E-state index in [-0.39, 0.29) is 30.1 Å². The summed E-state index contributed by atoms with van der Waals surface area (Å²) in [5.74, 6) is -2.08. The number of aliphatic imine (C=N–C) groups is 1. The van der Waals surface area contributed by atoms with E-state index >= 15 is 0 Å². The molecule has 0 spiro atoms. The van der Waals surface area contributed by atoms with Crippen molar-refractivity contribution in [3.8, 4) is 0 Å². The molecule has 3 aliphatic heterocycles. The number of carbonyl (C=O) groups excluding carboxylic acids is 4. The number of amides is 3. The van der Waals surface area contributed by atoms with Crippen LogP contribution in [0.2, 0.25) is 0 Å². The van der Waals surface area contributed by atoms with Crippen LogP contribution in [0.4, 0.5) is 5.69 Å². The average Bonchev–Trinajstić information content (AvgIpc) is 3.77. The van der Waals surface area contributed by atoms with Crippen LogP contribution >= 0.6 is 0 Å². The number of hydroxylamine groups is 4. The average molecular weight is 895 g/mol. The van der Waals surface area contributed by atoms with Crippen LogP contribution in [0.5, 0.6) is 0 Å². The number of likely N-dealkylation sites (N-methyl/N-ethyl adjacent to an activating group) is 1. The molecule has 0 bridgehead atoms. The van der Waals surface area contributed by atoms with Crippen molar-refractivity contribution in [1.29, 1.82) is 0 Å². The second-order valence-corrected chi connectivity index (χ2v) is 17.7. The predicted molar refractivity (Wildman–Crippen MR) is 244 cm³/mol. The Morgan fingerprint density at radius 3 is 2.33 bits per heavy atom. The molecule has 1 fully saturated rings. The zero-order valence-corrected chi connectivity index (χ0v) is 37.8. The highest BCUT2D eigenvalue weighted by Gasteiger charge is 2.44. The number of carbonyl (C=O) groups is 4. The van der Waals surface area contributed by atoms with Gasteiger partial charge in [0.25, 0.3) is 27.8 Å². The first-order chi connectivity index (χ1) is 30.2. The third kappa shape index (κ3) is 11.2. The molecule has 1 unspecified atom stereocenters. The predicted octanol–water partition coefficient (Wildman–Crippen LogP) is 5.54. The molecule has 5 rings (SSSR count). The minimum Gasteiger partial charge on any atom is -0.423 e. The maximum Gasteiger partial charge on any atom is 0.488 e. The fraction of sp³-hybridized carbons (Fsp3) is 0.340. The van der Waals surface area contributed by atoms with Gasteiger partial charge in [0, 0.05) is 60.6 Å². The van der Waals surface area contributed by atoms with Crippen molar-refractivity contribution < 1.29 is 51.9 Å². The fourth-order valence-corrected chi connectivity index (χ4v) is 8.45. The summed E-state index contributed by atoms with van der Waals surface area (Å²) in [5, 5.41) is 21.6. The molecule has 0 aromatic heterocycles. The lowest BCUT2D eigenvalue weighted by molar-refractivity contribution is -0.197. The molecule has 2 aromatic rings. The molecule has 1 atom stereocenters. The van der Waals surface area contributed by atoms with Gasteiger partial charge in [-0.1, -0.05) is 87.6 Å². The van der Waals surface area contributed by atoms with Gasteiger partial charge in [0.2, 0.25) is 0 Å². The summed E-state index contributed by atoms with van der Waals surface area (Å²) in [6, 6.07) is 11.3. The zero-order chi connectivity index (χ0) is 47.0. The van der Waals surface area contributed by atoms with Gasteiger partial charge in [-0.15, -0.1) is 5.06 Å². The van der Waals surface area contributed by atoms with E-state index in [1.165, 1.54) is 26.3 Å². The van der Waals surface area contributed by atoms with E-state index < -0.39 is 45.9 Å². The van der Waals surface area contributed by atoms with Crippen molar-refractivity contribution in [2.24, 2.45) is 10.4 Å². The standard InChI is InChI=1S/C47H55BN4O11S/c1-8-34(45(56)50(6)62-7)29-37-32(2)49-40(46(37,3)4)20-13-10-9-11-14-21-41-47(5,31-33-18-17-19-35(28-33)48(57)58)38-30-36(64(59,60)61)23-24-39(38)51(41)27-16-12-15-22-44(55)63-52-42(53)25-26-43(52)54/h8-11,13-14,17-21,23-24,28-30,57-58H,2,12,15-16,22,25-27,31H2,1,3-7H3,(H,59,60,61)/b10-9+,14-11+,20-13+,34-8+,37-29+,41-21+. The van der Waals surface area contributed by atoms with Crippen LogP contribution < -0.4 is 10.4 Å². The zero-order valence-electron chi connectivity index (χ0n) is 37.0. The van der Waals surface area contributed by atoms with Gasteiger partial charge in [-0.3, -0.25) is 28.8 Å². The molecule has 17 heteroatoms. The lowest BCUT2D eigenvalue weighted by Gasteiger charge is -2.31. The number of benzene rings is 2. The number of allylic oxidation sites excluding steroid dienone is 10. The van der Waals surface area contributed by atoms with Crippen molar-refractivity contribution in [2.75, 3.05) is 25.6 Å². The largest absolute Gasteiger partial charge is 0.488 e. The number of hydrogen-bond donors (Lipinski definition) is 3. The first-order valence-corrected chi connectivity index (χ1v) is 22.3. The molecule has 15 nitrogen and oxygen atoms in total. The Labute approximate surface area is 374 Å². The Balaban J connectivity index is 1.40. The number of imide groups is 1. The Hall–Kier alpha value is -5.98. The Morgan fingerprint density at radius 2 is 1.67 bits per heavy atom. The molecule has 3 N–H and O–H groups in total. The summed E-state index contributed by atoms with van der Waals surface area (Å²) in [4.78, 5) is 65.6. The van der Waals surface area contributed by atoms with E-state index in [2.05, 4.69) is 11.5 Å². The topological polar surface area (TPSA) is 204 Å². The molecule has 3 heterocycles. The van der Waals surface area contributed by atoms with Crippen LogP contribution in [-0.4, -0.2) is 90.4 Å². The number of fused-ring (bicyclic) bond motifs is 1. The number of hydrogen-bond acceptors (Lipinski definition) is 12. The molecule has 2 aromatic carbocycles. The third-order valence-corrected chi connectivity index (χ3v) is 12.4. The molecule has 3 aliphatic rings. The van der Waals surface area contributed by atoms with E-state index in [1.54, 1.807) is 43.3 Å². The van der Waals surface area contributed by atoms with E-state index in [0.29, 0.717) is 65.3 Å². The first kappa shape index (κ1) is 49.0. The van der Waals surface area contributed by atoms with Gasteiger partial charge in [0.05, 0.1) is 23.4 Å². The van der Waals surface area contributed by atoms with Crippen molar-refractivity contribution in [3.63, 3.8) is 0 Å². The third-order valence-electron chi connectivity index (χ3n) is 11.5. The van der Waals surface area contributed by atoms with Crippen LogP contribution in [0, 0.1) is 5.41 Å². The number of rotatable bonds is 18. The van der Waals surface area contributed by atoms with Crippen molar-refractivity contribution in [2.45, 2.75) is 83.0 Å².